The Kier molecular flexibility index (Phi) is 5.01. The fourth-order valence-electron chi connectivity index (χ4n) is 2.95. The molecule has 1 aliphatic heterocycles. The number of aromatic nitrogens is 3. The van der Waals surface area contributed by atoms with Crippen molar-refractivity contribution in [1.82, 2.24) is 19.9 Å². The van der Waals surface area contributed by atoms with E-state index < -0.39 is 0 Å². The minimum atomic E-state index is 0.851. The molecule has 2 aromatic rings. The number of piperazine rings is 1. The zero-order valence-electron chi connectivity index (χ0n) is 15.2. The minimum Gasteiger partial charge on any atom is -0.354 e. The highest BCUT2D eigenvalue weighted by molar-refractivity contribution is 7.15. The van der Waals surface area contributed by atoms with Gasteiger partial charge in [-0.05, 0) is 20.8 Å². The molecule has 0 spiro atoms. The maximum absolute atomic E-state index is 4.65. The van der Waals surface area contributed by atoms with Crippen molar-refractivity contribution < 1.29 is 0 Å². The molecule has 6 nitrogen and oxygen atoms in total. The third-order valence-corrected chi connectivity index (χ3v) is 5.59. The molecule has 1 saturated heterocycles. The Labute approximate surface area is 148 Å². The van der Waals surface area contributed by atoms with E-state index in [1.54, 1.807) is 11.3 Å². The van der Waals surface area contributed by atoms with Crippen LogP contribution in [-0.4, -0.2) is 60.1 Å². The molecule has 1 fully saturated rings. The number of hydrogen-bond acceptors (Lipinski definition) is 7. The van der Waals surface area contributed by atoms with Gasteiger partial charge in [0.25, 0.3) is 0 Å². The van der Waals surface area contributed by atoms with Crippen molar-refractivity contribution >= 4 is 22.3 Å². The smallest absolute Gasteiger partial charge is 0.185 e. The lowest BCUT2D eigenvalue weighted by molar-refractivity contribution is 0.251. The van der Waals surface area contributed by atoms with Crippen molar-refractivity contribution in [2.75, 3.05) is 50.1 Å². The molecule has 0 amide bonds. The average Bonchev–Trinajstić information content (AvgIpc) is 2.88. The standard InChI is InChI=1S/C17H26N6S/c1-12-10-16(20-14(3)18-12)23-8-6-22(7-9-23)11-15-13(2)19-17(24-15)21(4)5/h10H,6-9,11H2,1-5H3. The quantitative estimate of drug-likeness (QED) is 0.846. The van der Waals surface area contributed by atoms with E-state index in [1.807, 2.05) is 27.9 Å². The topological polar surface area (TPSA) is 48.4 Å². The van der Waals surface area contributed by atoms with Gasteiger partial charge in [-0.3, -0.25) is 4.90 Å². The lowest BCUT2D eigenvalue weighted by Crippen LogP contribution is -2.46. The highest BCUT2D eigenvalue weighted by atomic mass is 32.1. The van der Waals surface area contributed by atoms with Gasteiger partial charge < -0.3 is 9.80 Å². The van der Waals surface area contributed by atoms with Gasteiger partial charge >= 0.3 is 0 Å². The lowest BCUT2D eigenvalue weighted by atomic mass is 10.2. The van der Waals surface area contributed by atoms with Crippen molar-refractivity contribution in [2.45, 2.75) is 27.3 Å². The highest BCUT2D eigenvalue weighted by Gasteiger charge is 2.20. The van der Waals surface area contributed by atoms with Gasteiger partial charge in [-0.25, -0.2) is 15.0 Å². The van der Waals surface area contributed by atoms with Crippen LogP contribution in [0.3, 0.4) is 0 Å². The second-order valence-corrected chi connectivity index (χ2v) is 7.64. The molecule has 2 aromatic heterocycles. The van der Waals surface area contributed by atoms with Crippen LogP contribution in [0.5, 0.6) is 0 Å². The van der Waals surface area contributed by atoms with E-state index in [9.17, 15) is 0 Å². The largest absolute Gasteiger partial charge is 0.354 e. The zero-order valence-corrected chi connectivity index (χ0v) is 16.0. The predicted molar refractivity (Wildman–Crippen MR) is 100 cm³/mol. The predicted octanol–water partition coefficient (Wildman–Crippen LogP) is 2.25. The molecular formula is C17H26N6S. The maximum Gasteiger partial charge on any atom is 0.185 e. The summed E-state index contributed by atoms with van der Waals surface area (Å²) in [5.41, 5.74) is 2.20. The van der Waals surface area contributed by atoms with Crippen LogP contribution in [0.15, 0.2) is 6.07 Å². The van der Waals surface area contributed by atoms with Crippen LogP contribution in [0.2, 0.25) is 0 Å². The molecule has 0 unspecified atom stereocenters. The van der Waals surface area contributed by atoms with Gasteiger partial charge in [0.05, 0.1) is 5.69 Å². The summed E-state index contributed by atoms with van der Waals surface area (Å²) in [5.74, 6) is 1.91. The van der Waals surface area contributed by atoms with Crippen LogP contribution < -0.4 is 9.80 Å². The monoisotopic (exact) mass is 346 g/mol. The van der Waals surface area contributed by atoms with Crippen molar-refractivity contribution in [3.8, 4) is 0 Å². The van der Waals surface area contributed by atoms with Crippen molar-refractivity contribution in [2.24, 2.45) is 0 Å². The number of anilines is 2. The van der Waals surface area contributed by atoms with Crippen LogP contribution in [0.4, 0.5) is 10.9 Å². The molecule has 3 rings (SSSR count). The number of aryl methyl sites for hydroxylation is 3. The van der Waals surface area contributed by atoms with Crippen LogP contribution in [-0.2, 0) is 6.54 Å². The van der Waals surface area contributed by atoms with Gasteiger partial charge in [-0.15, -0.1) is 11.3 Å². The van der Waals surface area contributed by atoms with E-state index in [4.69, 9.17) is 0 Å². The Morgan fingerprint density at radius 2 is 1.75 bits per heavy atom. The molecule has 0 aromatic carbocycles. The first kappa shape index (κ1) is 17.1. The lowest BCUT2D eigenvalue weighted by Gasteiger charge is -2.35. The van der Waals surface area contributed by atoms with Crippen LogP contribution in [0.25, 0.3) is 0 Å². The van der Waals surface area contributed by atoms with E-state index in [2.05, 4.69) is 42.6 Å². The Balaban J connectivity index is 1.61. The molecule has 0 aliphatic carbocycles. The van der Waals surface area contributed by atoms with Gasteiger partial charge in [-0.1, -0.05) is 0 Å². The Morgan fingerprint density at radius 3 is 2.33 bits per heavy atom. The molecule has 0 bridgehead atoms. The highest BCUT2D eigenvalue weighted by Crippen LogP contribution is 2.26. The van der Waals surface area contributed by atoms with Crippen molar-refractivity contribution in [1.29, 1.82) is 0 Å². The average molecular weight is 347 g/mol. The third-order valence-electron chi connectivity index (χ3n) is 4.28. The summed E-state index contributed by atoms with van der Waals surface area (Å²) in [6.45, 7) is 11.2. The van der Waals surface area contributed by atoms with Gasteiger partial charge in [0.1, 0.15) is 11.6 Å². The summed E-state index contributed by atoms with van der Waals surface area (Å²) in [7, 11) is 4.10. The number of thiazole rings is 1. The first-order chi connectivity index (χ1) is 11.4. The molecule has 130 valence electrons. The normalized spacial score (nSPS) is 15.8. The fraction of sp³-hybridized carbons (Fsp3) is 0.588. The molecule has 1 aliphatic rings. The van der Waals surface area contributed by atoms with E-state index in [0.29, 0.717) is 0 Å². The SMILES string of the molecule is Cc1cc(N2CCN(Cc3sc(N(C)C)nc3C)CC2)nc(C)n1. The molecule has 24 heavy (non-hydrogen) atoms. The summed E-state index contributed by atoms with van der Waals surface area (Å²) in [5, 5.41) is 1.09. The van der Waals surface area contributed by atoms with Crippen LogP contribution >= 0.6 is 11.3 Å². The van der Waals surface area contributed by atoms with E-state index in [1.165, 1.54) is 4.88 Å². The third kappa shape index (κ3) is 3.84. The Hall–Kier alpha value is -1.73. The number of nitrogens with zero attached hydrogens (tertiary/aromatic N) is 6. The van der Waals surface area contributed by atoms with Crippen LogP contribution in [0, 0.1) is 20.8 Å². The van der Waals surface area contributed by atoms with Crippen molar-refractivity contribution in [3.63, 3.8) is 0 Å². The van der Waals surface area contributed by atoms with Gasteiger partial charge in [-0.2, -0.15) is 0 Å². The number of rotatable bonds is 4. The van der Waals surface area contributed by atoms with Gasteiger partial charge in [0, 0.05) is 63.5 Å². The van der Waals surface area contributed by atoms with Gasteiger partial charge in [0.2, 0.25) is 0 Å². The minimum absolute atomic E-state index is 0.851. The molecule has 0 saturated carbocycles. The number of hydrogen-bond donors (Lipinski definition) is 0. The fourth-order valence-corrected chi connectivity index (χ4v) is 3.97. The molecule has 0 atom stereocenters. The summed E-state index contributed by atoms with van der Waals surface area (Å²) >= 11 is 1.80. The summed E-state index contributed by atoms with van der Waals surface area (Å²) < 4.78 is 0. The summed E-state index contributed by atoms with van der Waals surface area (Å²) in [6.07, 6.45) is 0. The second-order valence-electron chi connectivity index (χ2n) is 6.58. The molecule has 0 N–H and O–H groups in total. The molecule has 7 heteroatoms. The summed E-state index contributed by atoms with van der Waals surface area (Å²) in [6, 6.07) is 2.08. The first-order valence-corrected chi connectivity index (χ1v) is 9.17. The Bertz CT molecular complexity index is 683. The van der Waals surface area contributed by atoms with Crippen molar-refractivity contribution in [3.05, 3.63) is 28.2 Å². The summed E-state index contributed by atoms with van der Waals surface area (Å²) in [4.78, 5) is 21.9. The maximum atomic E-state index is 4.65. The second kappa shape index (κ2) is 7.03. The zero-order chi connectivity index (χ0) is 17.3. The van der Waals surface area contributed by atoms with E-state index in [0.717, 1.165) is 60.9 Å². The first-order valence-electron chi connectivity index (χ1n) is 8.35. The van der Waals surface area contributed by atoms with Crippen LogP contribution in [0.1, 0.15) is 22.1 Å². The van der Waals surface area contributed by atoms with E-state index >= 15 is 0 Å². The molecular weight excluding hydrogens is 320 g/mol. The van der Waals surface area contributed by atoms with E-state index in [-0.39, 0.29) is 0 Å². The Morgan fingerprint density at radius 1 is 1.04 bits per heavy atom. The molecule has 0 radical (unpaired) electrons. The molecule has 3 heterocycles. The van der Waals surface area contributed by atoms with Gasteiger partial charge in [0.15, 0.2) is 5.13 Å².